The fourth-order valence-corrected chi connectivity index (χ4v) is 2.35. The summed E-state index contributed by atoms with van der Waals surface area (Å²) in [7, 11) is 0. The molecule has 15 heavy (non-hydrogen) atoms. The highest BCUT2D eigenvalue weighted by Crippen LogP contribution is 2.16. The van der Waals surface area contributed by atoms with Crippen LogP contribution in [0.2, 0.25) is 0 Å². The second kappa shape index (κ2) is 6.46. The second-order valence-corrected chi connectivity index (χ2v) is 5.02. The van der Waals surface area contributed by atoms with Gasteiger partial charge in [-0.25, -0.2) is 0 Å². The van der Waals surface area contributed by atoms with Crippen molar-refractivity contribution in [2.45, 2.75) is 58.2 Å². The van der Waals surface area contributed by atoms with Crippen molar-refractivity contribution in [3.63, 3.8) is 0 Å². The molecule has 0 aromatic rings. The average Bonchev–Trinajstić information content (AvgIpc) is 2.58. The number of rotatable bonds is 6. The first kappa shape index (κ1) is 12.9. The predicted molar refractivity (Wildman–Crippen MR) is 64.0 cm³/mol. The molecular weight excluding hydrogens is 188 g/mol. The van der Waals surface area contributed by atoms with Crippen LogP contribution in [0.3, 0.4) is 0 Å². The van der Waals surface area contributed by atoms with Crippen molar-refractivity contribution in [3.05, 3.63) is 0 Å². The summed E-state index contributed by atoms with van der Waals surface area (Å²) in [5.74, 6) is 0. The molecule has 1 rings (SSSR count). The Kier molecular flexibility index (Phi) is 5.58. The Hall–Kier alpha value is -0.120. The van der Waals surface area contributed by atoms with Gasteiger partial charge in [0, 0.05) is 18.1 Å². The van der Waals surface area contributed by atoms with Crippen LogP contribution in [0.15, 0.2) is 0 Å². The normalized spacial score (nSPS) is 25.0. The van der Waals surface area contributed by atoms with E-state index < -0.39 is 0 Å². The van der Waals surface area contributed by atoms with E-state index in [4.69, 9.17) is 0 Å². The molecule has 1 saturated heterocycles. The molecule has 1 fully saturated rings. The van der Waals surface area contributed by atoms with Gasteiger partial charge in [0.15, 0.2) is 0 Å². The highest BCUT2D eigenvalue weighted by Gasteiger charge is 2.20. The van der Waals surface area contributed by atoms with Gasteiger partial charge < -0.3 is 15.3 Å². The minimum atomic E-state index is 0.250. The third kappa shape index (κ3) is 4.49. The molecule has 3 heteroatoms. The van der Waals surface area contributed by atoms with Gasteiger partial charge in [0.1, 0.15) is 0 Å². The number of likely N-dealkylation sites (tertiary alicyclic amines) is 1. The standard InChI is InChI=1S/C12H26N2O/c1-10(2)13-12(9-15)6-8-14-7-4-5-11(14)3/h10-13,15H,4-9H2,1-3H3. The number of hydrogen-bond acceptors (Lipinski definition) is 3. The molecule has 0 aromatic heterocycles. The smallest absolute Gasteiger partial charge is 0.0585 e. The Morgan fingerprint density at radius 2 is 2.20 bits per heavy atom. The van der Waals surface area contributed by atoms with Crippen molar-refractivity contribution in [2.24, 2.45) is 0 Å². The molecule has 2 atom stereocenters. The van der Waals surface area contributed by atoms with Crippen LogP contribution in [0, 0.1) is 0 Å². The van der Waals surface area contributed by atoms with E-state index in [9.17, 15) is 5.11 Å². The van der Waals surface area contributed by atoms with Crippen molar-refractivity contribution >= 4 is 0 Å². The van der Waals surface area contributed by atoms with Gasteiger partial charge in [-0.1, -0.05) is 13.8 Å². The minimum Gasteiger partial charge on any atom is -0.395 e. The lowest BCUT2D eigenvalue weighted by Crippen LogP contribution is -2.40. The van der Waals surface area contributed by atoms with Crippen LogP contribution in [0.25, 0.3) is 0 Å². The molecular formula is C12H26N2O. The summed E-state index contributed by atoms with van der Waals surface area (Å²) >= 11 is 0. The highest BCUT2D eigenvalue weighted by atomic mass is 16.3. The molecule has 0 saturated carbocycles. The second-order valence-electron chi connectivity index (χ2n) is 5.02. The maximum atomic E-state index is 9.23. The first-order chi connectivity index (χ1) is 7.13. The topological polar surface area (TPSA) is 35.5 Å². The Morgan fingerprint density at radius 1 is 1.47 bits per heavy atom. The maximum absolute atomic E-state index is 9.23. The molecule has 1 aliphatic heterocycles. The Morgan fingerprint density at radius 3 is 2.67 bits per heavy atom. The van der Waals surface area contributed by atoms with E-state index >= 15 is 0 Å². The lowest BCUT2D eigenvalue weighted by Gasteiger charge is -2.25. The summed E-state index contributed by atoms with van der Waals surface area (Å²) in [6.45, 7) is 9.16. The lowest BCUT2D eigenvalue weighted by atomic mass is 10.1. The predicted octanol–water partition coefficient (Wildman–Crippen LogP) is 1.22. The van der Waals surface area contributed by atoms with Crippen LogP contribution in [-0.2, 0) is 0 Å². The summed E-state index contributed by atoms with van der Waals surface area (Å²) in [6, 6.07) is 1.46. The van der Waals surface area contributed by atoms with E-state index in [-0.39, 0.29) is 12.6 Å². The van der Waals surface area contributed by atoms with E-state index in [1.165, 1.54) is 19.4 Å². The van der Waals surface area contributed by atoms with Crippen molar-refractivity contribution in [1.29, 1.82) is 0 Å². The third-order valence-corrected chi connectivity index (χ3v) is 3.24. The Balaban J connectivity index is 2.21. The molecule has 2 N–H and O–H groups in total. The van der Waals surface area contributed by atoms with Gasteiger partial charge in [0.25, 0.3) is 0 Å². The first-order valence-corrected chi connectivity index (χ1v) is 6.24. The van der Waals surface area contributed by atoms with Crippen molar-refractivity contribution in [3.8, 4) is 0 Å². The molecule has 0 bridgehead atoms. The molecule has 3 nitrogen and oxygen atoms in total. The molecule has 90 valence electrons. The first-order valence-electron chi connectivity index (χ1n) is 6.24. The van der Waals surface area contributed by atoms with Crippen LogP contribution < -0.4 is 5.32 Å². The van der Waals surface area contributed by atoms with Crippen LogP contribution >= 0.6 is 0 Å². The summed E-state index contributed by atoms with van der Waals surface area (Å²) in [6.07, 6.45) is 3.73. The number of aliphatic hydroxyl groups is 1. The van der Waals surface area contributed by atoms with Crippen LogP contribution in [0.1, 0.15) is 40.0 Å². The van der Waals surface area contributed by atoms with Gasteiger partial charge in [-0.3, -0.25) is 0 Å². The summed E-state index contributed by atoms with van der Waals surface area (Å²) in [4.78, 5) is 2.53. The molecule has 0 amide bonds. The summed E-state index contributed by atoms with van der Waals surface area (Å²) in [5.41, 5.74) is 0. The van der Waals surface area contributed by atoms with Gasteiger partial charge in [-0.15, -0.1) is 0 Å². The van der Waals surface area contributed by atoms with E-state index in [2.05, 4.69) is 31.0 Å². The van der Waals surface area contributed by atoms with Crippen LogP contribution in [0.4, 0.5) is 0 Å². The van der Waals surface area contributed by atoms with Gasteiger partial charge in [0.2, 0.25) is 0 Å². The van der Waals surface area contributed by atoms with E-state index in [1.54, 1.807) is 0 Å². The number of nitrogens with one attached hydrogen (secondary N) is 1. The molecule has 0 radical (unpaired) electrons. The van der Waals surface area contributed by atoms with Crippen LogP contribution in [0.5, 0.6) is 0 Å². The molecule has 2 unspecified atom stereocenters. The molecule has 1 aliphatic rings. The molecule has 0 aromatic carbocycles. The third-order valence-electron chi connectivity index (χ3n) is 3.24. The quantitative estimate of drug-likeness (QED) is 0.698. The van der Waals surface area contributed by atoms with Gasteiger partial charge in [-0.2, -0.15) is 0 Å². The zero-order valence-electron chi connectivity index (χ0n) is 10.4. The monoisotopic (exact) mass is 214 g/mol. The number of hydrogen-bond donors (Lipinski definition) is 2. The van der Waals surface area contributed by atoms with E-state index in [0.717, 1.165) is 19.0 Å². The molecule has 0 aliphatic carbocycles. The van der Waals surface area contributed by atoms with Gasteiger partial charge in [-0.05, 0) is 39.3 Å². The summed E-state index contributed by atoms with van der Waals surface area (Å²) in [5, 5.41) is 12.6. The lowest BCUT2D eigenvalue weighted by molar-refractivity contribution is 0.197. The fourth-order valence-electron chi connectivity index (χ4n) is 2.35. The van der Waals surface area contributed by atoms with Gasteiger partial charge >= 0.3 is 0 Å². The van der Waals surface area contributed by atoms with Gasteiger partial charge in [0.05, 0.1) is 6.61 Å². The zero-order chi connectivity index (χ0) is 11.3. The fraction of sp³-hybridized carbons (Fsp3) is 1.00. The van der Waals surface area contributed by atoms with E-state index in [1.807, 2.05) is 0 Å². The maximum Gasteiger partial charge on any atom is 0.0585 e. The van der Waals surface area contributed by atoms with Crippen LogP contribution in [-0.4, -0.2) is 47.8 Å². The Bertz CT molecular complexity index is 173. The molecule has 1 heterocycles. The van der Waals surface area contributed by atoms with Crippen molar-refractivity contribution < 1.29 is 5.11 Å². The average molecular weight is 214 g/mol. The highest BCUT2D eigenvalue weighted by molar-refractivity contribution is 4.77. The van der Waals surface area contributed by atoms with Crippen molar-refractivity contribution in [1.82, 2.24) is 10.2 Å². The number of nitrogens with zero attached hydrogens (tertiary/aromatic N) is 1. The number of aliphatic hydroxyl groups excluding tert-OH is 1. The largest absolute Gasteiger partial charge is 0.395 e. The zero-order valence-corrected chi connectivity index (χ0v) is 10.4. The van der Waals surface area contributed by atoms with E-state index in [0.29, 0.717) is 6.04 Å². The van der Waals surface area contributed by atoms with Crippen molar-refractivity contribution in [2.75, 3.05) is 19.7 Å². The minimum absolute atomic E-state index is 0.250. The molecule has 0 spiro atoms. The summed E-state index contributed by atoms with van der Waals surface area (Å²) < 4.78 is 0. The Labute approximate surface area is 93.9 Å². The SMILES string of the molecule is CC(C)NC(CO)CCN1CCCC1C.